The number of aromatic nitrogens is 5. The van der Waals surface area contributed by atoms with Crippen LogP contribution in [0.1, 0.15) is 34.9 Å². The minimum absolute atomic E-state index is 0.0201. The number of likely N-dealkylation sites (tertiary alicyclic amines) is 1. The lowest BCUT2D eigenvalue weighted by Gasteiger charge is -2.33. The molecule has 1 fully saturated rings. The topological polar surface area (TPSA) is 88.9 Å². The summed E-state index contributed by atoms with van der Waals surface area (Å²) < 4.78 is 7.33. The molecule has 2 aromatic heterocycles. The number of aromatic amines is 1. The van der Waals surface area contributed by atoms with Gasteiger partial charge in [0.2, 0.25) is 0 Å². The summed E-state index contributed by atoms with van der Waals surface area (Å²) >= 11 is 0. The molecule has 1 aliphatic heterocycles. The van der Waals surface area contributed by atoms with E-state index in [1.165, 1.54) is 6.33 Å². The molecule has 1 atom stereocenters. The Balaban J connectivity index is 1.55. The maximum absolute atomic E-state index is 13.3. The standard InChI is InChI=1S/C20H24N6O2/c1-28-12-11-25-10-8-21-19(25)15-5-4-9-26(13-15)20(27)17-7-3-2-6-16(17)18-22-14-23-24-18/h2-3,6-8,10,14-15H,4-5,9,11-13H2,1H3,(H,22,23,24)/t15-/m0/s1. The van der Waals surface area contributed by atoms with E-state index in [0.717, 1.165) is 37.3 Å². The number of hydrogen-bond donors (Lipinski definition) is 1. The third kappa shape index (κ3) is 3.68. The first-order chi connectivity index (χ1) is 13.8. The number of carbonyl (C=O) groups is 1. The summed E-state index contributed by atoms with van der Waals surface area (Å²) in [6.07, 6.45) is 7.24. The number of amides is 1. The van der Waals surface area contributed by atoms with E-state index >= 15 is 0 Å². The molecule has 3 heterocycles. The Bertz CT molecular complexity index is 920. The van der Waals surface area contributed by atoms with Crippen LogP contribution in [0.3, 0.4) is 0 Å². The molecule has 146 valence electrons. The Hall–Kier alpha value is -3.00. The van der Waals surface area contributed by atoms with Gasteiger partial charge >= 0.3 is 0 Å². The molecule has 8 nitrogen and oxygen atoms in total. The van der Waals surface area contributed by atoms with E-state index in [1.54, 1.807) is 7.11 Å². The predicted molar refractivity (Wildman–Crippen MR) is 104 cm³/mol. The number of benzene rings is 1. The van der Waals surface area contributed by atoms with Gasteiger partial charge in [-0.1, -0.05) is 18.2 Å². The normalized spacial score (nSPS) is 17.0. The molecule has 0 radical (unpaired) electrons. The molecular formula is C20H24N6O2. The second-order valence-electron chi connectivity index (χ2n) is 6.94. The Morgan fingerprint density at radius 1 is 1.32 bits per heavy atom. The lowest BCUT2D eigenvalue weighted by atomic mass is 9.95. The van der Waals surface area contributed by atoms with Crippen LogP contribution in [0.5, 0.6) is 0 Å². The molecule has 0 aliphatic carbocycles. The predicted octanol–water partition coefficient (Wildman–Crippen LogP) is 2.33. The van der Waals surface area contributed by atoms with Gasteiger partial charge in [0, 0.05) is 50.6 Å². The van der Waals surface area contributed by atoms with E-state index in [4.69, 9.17) is 4.74 Å². The quantitative estimate of drug-likeness (QED) is 0.709. The van der Waals surface area contributed by atoms with Gasteiger partial charge < -0.3 is 14.2 Å². The summed E-state index contributed by atoms with van der Waals surface area (Å²) in [5.41, 5.74) is 1.41. The third-order valence-corrected chi connectivity index (χ3v) is 5.19. The van der Waals surface area contributed by atoms with E-state index in [9.17, 15) is 4.79 Å². The van der Waals surface area contributed by atoms with Crippen molar-refractivity contribution in [1.29, 1.82) is 0 Å². The second-order valence-corrected chi connectivity index (χ2v) is 6.94. The van der Waals surface area contributed by atoms with Gasteiger partial charge in [-0.3, -0.25) is 9.89 Å². The summed E-state index contributed by atoms with van der Waals surface area (Å²) in [6.45, 7) is 2.82. The monoisotopic (exact) mass is 380 g/mol. The van der Waals surface area contributed by atoms with E-state index in [1.807, 2.05) is 41.6 Å². The van der Waals surface area contributed by atoms with Crippen molar-refractivity contribution in [2.45, 2.75) is 25.3 Å². The maximum Gasteiger partial charge on any atom is 0.254 e. The van der Waals surface area contributed by atoms with Crippen LogP contribution in [0, 0.1) is 0 Å². The van der Waals surface area contributed by atoms with Crippen LogP contribution in [-0.2, 0) is 11.3 Å². The molecule has 0 unspecified atom stereocenters. The summed E-state index contributed by atoms with van der Waals surface area (Å²) in [5.74, 6) is 1.87. The van der Waals surface area contributed by atoms with Crippen molar-refractivity contribution in [2.24, 2.45) is 0 Å². The minimum Gasteiger partial charge on any atom is -0.383 e. The fraction of sp³-hybridized carbons (Fsp3) is 0.400. The first-order valence-electron chi connectivity index (χ1n) is 9.52. The lowest BCUT2D eigenvalue weighted by Crippen LogP contribution is -2.40. The summed E-state index contributed by atoms with van der Waals surface area (Å²) in [4.78, 5) is 24.0. The van der Waals surface area contributed by atoms with E-state index in [2.05, 4.69) is 24.7 Å². The molecule has 1 N–H and O–H groups in total. The number of hydrogen-bond acceptors (Lipinski definition) is 5. The number of carbonyl (C=O) groups excluding carboxylic acids is 1. The van der Waals surface area contributed by atoms with Crippen molar-refractivity contribution in [1.82, 2.24) is 29.6 Å². The number of nitrogens with zero attached hydrogens (tertiary/aromatic N) is 5. The zero-order valence-electron chi connectivity index (χ0n) is 15.9. The molecule has 4 rings (SSSR count). The molecule has 0 spiro atoms. The highest BCUT2D eigenvalue weighted by molar-refractivity contribution is 6.00. The van der Waals surface area contributed by atoms with Crippen molar-refractivity contribution in [3.05, 3.63) is 54.4 Å². The Morgan fingerprint density at radius 3 is 3.04 bits per heavy atom. The van der Waals surface area contributed by atoms with E-state index < -0.39 is 0 Å². The second kappa shape index (κ2) is 8.35. The van der Waals surface area contributed by atoms with Gasteiger partial charge in [0.25, 0.3) is 5.91 Å². The van der Waals surface area contributed by atoms with Gasteiger partial charge in [-0.05, 0) is 18.9 Å². The average Bonchev–Trinajstić information content (AvgIpc) is 3.44. The lowest BCUT2D eigenvalue weighted by molar-refractivity contribution is 0.0703. The van der Waals surface area contributed by atoms with E-state index in [0.29, 0.717) is 24.5 Å². The Labute approximate surface area is 163 Å². The Kier molecular flexibility index (Phi) is 5.48. The van der Waals surface area contributed by atoms with Gasteiger partial charge in [-0.2, -0.15) is 5.10 Å². The van der Waals surface area contributed by atoms with Crippen LogP contribution in [0.15, 0.2) is 43.0 Å². The molecule has 3 aromatic rings. The number of ether oxygens (including phenoxy) is 1. The van der Waals surface area contributed by atoms with Gasteiger partial charge in [0.1, 0.15) is 12.2 Å². The number of imidazole rings is 1. The molecule has 0 saturated carbocycles. The van der Waals surface area contributed by atoms with Crippen LogP contribution in [0.25, 0.3) is 11.4 Å². The fourth-order valence-corrected chi connectivity index (χ4v) is 3.81. The van der Waals surface area contributed by atoms with Gasteiger partial charge in [-0.15, -0.1) is 0 Å². The molecule has 1 saturated heterocycles. The van der Waals surface area contributed by atoms with Crippen LogP contribution in [0.4, 0.5) is 0 Å². The molecule has 1 amide bonds. The summed E-state index contributed by atoms with van der Waals surface area (Å²) in [7, 11) is 1.70. The highest BCUT2D eigenvalue weighted by Gasteiger charge is 2.29. The number of H-pyrrole nitrogens is 1. The highest BCUT2D eigenvalue weighted by Crippen LogP contribution is 2.28. The van der Waals surface area contributed by atoms with Crippen molar-refractivity contribution in [3.63, 3.8) is 0 Å². The maximum atomic E-state index is 13.3. The number of rotatable bonds is 6. The van der Waals surface area contributed by atoms with Crippen LogP contribution in [-0.4, -0.2) is 62.3 Å². The molecule has 1 aliphatic rings. The molecule has 0 bridgehead atoms. The molecule has 28 heavy (non-hydrogen) atoms. The molecule has 1 aromatic carbocycles. The number of methoxy groups -OCH3 is 1. The average molecular weight is 380 g/mol. The zero-order valence-corrected chi connectivity index (χ0v) is 15.9. The number of piperidine rings is 1. The van der Waals surface area contributed by atoms with Gasteiger partial charge in [0.05, 0.1) is 12.2 Å². The Morgan fingerprint density at radius 2 is 2.21 bits per heavy atom. The first kappa shape index (κ1) is 18.4. The summed E-state index contributed by atoms with van der Waals surface area (Å²) in [5, 5.41) is 6.76. The molecular weight excluding hydrogens is 356 g/mol. The highest BCUT2D eigenvalue weighted by atomic mass is 16.5. The smallest absolute Gasteiger partial charge is 0.254 e. The molecule has 8 heteroatoms. The fourth-order valence-electron chi connectivity index (χ4n) is 3.81. The van der Waals surface area contributed by atoms with Crippen molar-refractivity contribution in [2.75, 3.05) is 26.8 Å². The van der Waals surface area contributed by atoms with E-state index in [-0.39, 0.29) is 11.8 Å². The van der Waals surface area contributed by atoms with Crippen LogP contribution < -0.4 is 0 Å². The summed E-state index contributed by atoms with van der Waals surface area (Å²) in [6, 6.07) is 7.53. The van der Waals surface area contributed by atoms with Crippen molar-refractivity contribution < 1.29 is 9.53 Å². The zero-order chi connectivity index (χ0) is 19.3. The first-order valence-corrected chi connectivity index (χ1v) is 9.52. The largest absolute Gasteiger partial charge is 0.383 e. The van der Waals surface area contributed by atoms with Crippen LogP contribution in [0.2, 0.25) is 0 Å². The van der Waals surface area contributed by atoms with Crippen LogP contribution >= 0.6 is 0 Å². The third-order valence-electron chi connectivity index (χ3n) is 5.19. The van der Waals surface area contributed by atoms with Gasteiger partial charge in [0.15, 0.2) is 5.82 Å². The van der Waals surface area contributed by atoms with Gasteiger partial charge in [-0.25, -0.2) is 9.97 Å². The van der Waals surface area contributed by atoms with Crippen molar-refractivity contribution in [3.8, 4) is 11.4 Å². The van der Waals surface area contributed by atoms with Crippen molar-refractivity contribution >= 4 is 5.91 Å². The SMILES string of the molecule is COCCn1ccnc1[C@H]1CCCN(C(=O)c2ccccc2-c2ncn[nH]2)C1. The minimum atomic E-state index is 0.0201. The number of nitrogens with one attached hydrogen (secondary N) is 1.